The molecule has 0 fully saturated rings. The third kappa shape index (κ3) is 4.56. The molecule has 0 aliphatic heterocycles. The lowest BCUT2D eigenvalue weighted by molar-refractivity contribution is 0.600. The van der Waals surface area contributed by atoms with Crippen molar-refractivity contribution in [3.8, 4) is 33.6 Å². The Morgan fingerprint density at radius 1 is 0.919 bits per heavy atom. The van der Waals surface area contributed by atoms with Crippen molar-refractivity contribution in [3.05, 3.63) is 78.9 Å². The van der Waals surface area contributed by atoms with Crippen molar-refractivity contribution < 1.29 is 12.8 Å². The van der Waals surface area contributed by atoms with Crippen LogP contribution in [0.4, 0.5) is 4.39 Å². The Hall–Kier alpha value is -4.51. The van der Waals surface area contributed by atoms with E-state index in [1.165, 1.54) is 24.7 Å². The Morgan fingerprint density at radius 3 is 2.57 bits per heavy atom. The summed E-state index contributed by atoms with van der Waals surface area (Å²) in [6, 6.07) is 10.3. The molecule has 11 heteroatoms. The molecule has 5 heterocycles. The molecular weight excluding hydrogens is 493 g/mol. The lowest BCUT2D eigenvalue weighted by atomic mass is 10.00. The number of hydrogen-bond donors (Lipinski definition) is 2. The number of pyridine rings is 2. The summed E-state index contributed by atoms with van der Waals surface area (Å²) in [6.07, 6.45) is 9.70. The maximum absolute atomic E-state index is 14.5. The summed E-state index contributed by atoms with van der Waals surface area (Å²) in [4.78, 5) is 20.4. The molecule has 0 aliphatic carbocycles. The Morgan fingerprint density at radius 2 is 1.76 bits per heavy atom. The molecule has 0 aliphatic rings. The number of benzene rings is 1. The number of rotatable bonds is 6. The molecule has 9 nitrogen and oxygen atoms in total. The zero-order chi connectivity index (χ0) is 25.6. The monoisotopic (exact) mass is 513 g/mol. The highest BCUT2D eigenvalue weighted by Gasteiger charge is 2.16. The topological polar surface area (TPSA) is 130 Å². The van der Waals surface area contributed by atoms with Crippen molar-refractivity contribution in [2.45, 2.75) is 6.42 Å². The van der Waals surface area contributed by atoms with Crippen molar-refractivity contribution >= 4 is 31.9 Å². The van der Waals surface area contributed by atoms with Crippen LogP contribution < -0.4 is 0 Å². The maximum atomic E-state index is 14.5. The number of aromatic amines is 2. The van der Waals surface area contributed by atoms with Gasteiger partial charge in [0.15, 0.2) is 5.65 Å². The number of sulfone groups is 1. The van der Waals surface area contributed by atoms with Gasteiger partial charge < -0.3 is 4.98 Å². The molecule has 184 valence electrons. The van der Waals surface area contributed by atoms with Crippen LogP contribution in [0.15, 0.2) is 67.5 Å². The van der Waals surface area contributed by atoms with E-state index in [1.54, 1.807) is 24.8 Å². The van der Waals surface area contributed by atoms with Gasteiger partial charge >= 0.3 is 0 Å². The van der Waals surface area contributed by atoms with Gasteiger partial charge in [-0.3, -0.25) is 5.10 Å². The number of H-pyrrole nitrogens is 2. The number of nitrogens with one attached hydrogen (secondary N) is 2. The van der Waals surface area contributed by atoms with Crippen LogP contribution in [0.3, 0.4) is 0 Å². The molecule has 37 heavy (non-hydrogen) atoms. The Bertz CT molecular complexity index is 1880. The molecule has 0 atom stereocenters. The lowest BCUT2D eigenvalue weighted by Crippen LogP contribution is -2.06. The van der Waals surface area contributed by atoms with Crippen LogP contribution in [0, 0.1) is 5.82 Å². The molecule has 0 unspecified atom stereocenters. The summed E-state index contributed by atoms with van der Waals surface area (Å²) < 4.78 is 37.7. The first-order chi connectivity index (χ1) is 17.8. The highest BCUT2D eigenvalue weighted by atomic mass is 32.2. The summed E-state index contributed by atoms with van der Waals surface area (Å²) in [6.45, 7) is 0. The summed E-state index contributed by atoms with van der Waals surface area (Å²) in [5, 5.41) is 9.00. The van der Waals surface area contributed by atoms with Crippen LogP contribution in [0.5, 0.6) is 0 Å². The van der Waals surface area contributed by atoms with Gasteiger partial charge in [0.25, 0.3) is 0 Å². The van der Waals surface area contributed by atoms with Gasteiger partial charge in [0, 0.05) is 52.9 Å². The molecule has 6 rings (SSSR count). The molecular formula is C26H20FN7O2S. The smallest absolute Gasteiger partial charge is 0.181 e. The van der Waals surface area contributed by atoms with Gasteiger partial charge in [0.05, 0.1) is 17.1 Å². The molecule has 0 amide bonds. The molecule has 5 aromatic heterocycles. The average molecular weight is 514 g/mol. The van der Waals surface area contributed by atoms with Gasteiger partial charge in [-0.15, -0.1) is 0 Å². The number of aryl methyl sites for hydroxylation is 1. The summed E-state index contributed by atoms with van der Waals surface area (Å²) in [5.74, 6) is -0.474. The molecule has 0 bridgehead atoms. The Kier molecular flexibility index (Phi) is 5.49. The predicted molar refractivity (Wildman–Crippen MR) is 139 cm³/mol. The van der Waals surface area contributed by atoms with Crippen molar-refractivity contribution in [3.63, 3.8) is 0 Å². The van der Waals surface area contributed by atoms with Gasteiger partial charge in [0.2, 0.25) is 0 Å². The SMILES string of the molecule is CS(=O)(=O)CCc1cc(F)cc(-c2ccnc3[nH]c(-c4[nH]nc5ncc(-c6cncnc6)cc45)cc23)c1. The van der Waals surface area contributed by atoms with E-state index >= 15 is 0 Å². The van der Waals surface area contributed by atoms with Gasteiger partial charge in [0.1, 0.15) is 27.6 Å². The molecule has 2 N–H and O–H groups in total. The van der Waals surface area contributed by atoms with E-state index in [0.717, 1.165) is 38.9 Å². The predicted octanol–water partition coefficient (Wildman–Crippen LogP) is 4.35. The van der Waals surface area contributed by atoms with Crippen molar-refractivity contribution in [2.24, 2.45) is 0 Å². The van der Waals surface area contributed by atoms with E-state index in [-0.39, 0.29) is 12.2 Å². The van der Waals surface area contributed by atoms with Gasteiger partial charge in [-0.2, -0.15) is 5.10 Å². The van der Waals surface area contributed by atoms with Crippen LogP contribution in [-0.2, 0) is 16.3 Å². The fraction of sp³-hybridized carbons (Fsp3) is 0.115. The van der Waals surface area contributed by atoms with Crippen LogP contribution in [0.2, 0.25) is 0 Å². The standard InChI is InChI=1S/C26H20FN7O2S/c1-37(35,36)5-3-15-6-16(8-19(27)7-15)20-2-4-30-25-21(20)10-23(32-25)24-22-9-17(13-31-26(22)34-33-24)18-11-28-14-29-12-18/h2,4,6-14H,3,5H2,1H3,(H,30,32)(H,31,33,34). The number of fused-ring (bicyclic) bond motifs is 2. The minimum atomic E-state index is -3.17. The maximum Gasteiger partial charge on any atom is 0.181 e. The fourth-order valence-corrected chi connectivity index (χ4v) is 4.98. The third-order valence-corrected chi connectivity index (χ3v) is 7.08. The Labute approximate surface area is 210 Å². The largest absolute Gasteiger partial charge is 0.338 e. The normalized spacial score (nSPS) is 11.9. The van der Waals surface area contributed by atoms with Crippen molar-refractivity contribution in [1.82, 2.24) is 35.1 Å². The van der Waals surface area contributed by atoms with E-state index in [1.807, 2.05) is 24.3 Å². The third-order valence-electron chi connectivity index (χ3n) is 6.13. The number of nitrogens with zero attached hydrogens (tertiary/aromatic N) is 5. The summed E-state index contributed by atoms with van der Waals surface area (Å²) >= 11 is 0. The van der Waals surface area contributed by atoms with Crippen LogP contribution in [-0.4, -0.2) is 55.5 Å². The molecule has 0 saturated heterocycles. The summed E-state index contributed by atoms with van der Waals surface area (Å²) in [5.41, 5.74) is 6.38. The highest BCUT2D eigenvalue weighted by Crippen LogP contribution is 2.34. The zero-order valence-electron chi connectivity index (χ0n) is 19.6. The minimum absolute atomic E-state index is 0.0476. The molecule has 0 spiro atoms. The average Bonchev–Trinajstić information content (AvgIpc) is 3.51. The summed E-state index contributed by atoms with van der Waals surface area (Å²) in [7, 11) is -3.17. The Balaban J connectivity index is 1.44. The zero-order valence-corrected chi connectivity index (χ0v) is 20.4. The van der Waals surface area contributed by atoms with E-state index in [9.17, 15) is 12.8 Å². The van der Waals surface area contributed by atoms with E-state index in [2.05, 4.69) is 35.1 Å². The highest BCUT2D eigenvalue weighted by molar-refractivity contribution is 7.90. The number of hydrogen-bond acceptors (Lipinski definition) is 7. The second kappa shape index (κ2) is 8.86. The minimum Gasteiger partial charge on any atom is -0.338 e. The van der Waals surface area contributed by atoms with E-state index in [4.69, 9.17) is 0 Å². The first-order valence-corrected chi connectivity index (χ1v) is 13.5. The van der Waals surface area contributed by atoms with E-state index < -0.39 is 15.7 Å². The molecule has 6 aromatic rings. The second-order valence-corrected chi connectivity index (χ2v) is 11.1. The fourth-order valence-electron chi connectivity index (χ4n) is 4.38. The molecule has 0 saturated carbocycles. The van der Waals surface area contributed by atoms with Crippen LogP contribution in [0.25, 0.3) is 55.7 Å². The quantitative estimate of drug-likeness (QED) is 0.339. The van der Waals surface area contributed by atoms with Crippen LogP contribution >= 0.6 is 0 Å². The van der Waals surface area contributed by atoms with Crippen molar-refractivity contribution in [1.29, 1.82) is 0 Å². The first-order valence-electron chi connectivity index (χ1n) is 11.4. The van der Waals surface area contributed by atoms with Gasteiger partial charge in [-0.1, -0.05) is 6.07 Å². The molecule has 1 aromatic carbocycles. The lowest BCUT2D eigenvalue weighted by Gasteiger charge is -2.07. The van der Waals surface area contributed by atoms with Crippen molar-refractivity contribution in [2.75, 3.05) is 12.0 Å². The van der Waals surface area contributed by atoms with Gasteiger partial charge in [-0.25, -0.2) is 32.7 Å². The second-order valence-electron chi connectivity index (χ2n) is 8.85. The van der Waals surface area contributed by atoms with Crippen LogP contribution in [0.1, 0.15) is 5.56 Å². The van der Waals surface area contributed by atoms with Gasteiger partial charge in [-0.05, 0) is 53.4 Å². The number of halogens is 1. The molecule has 0 radical (unpaired) electrons. The first kappa shape index (κ1) is 22.9. The number of aromatic nitrogens is 7. The van der Waals surface area contributed by atoms with E-state index in [0.29, 0.717) is 22.4 Å².